The van der Waals surface area contributed by atoms with E-state index in [1.165, 1.54) is 13.0 Å². The zero-order valence-electron chi connectivity index (χ0n) is 41.0. The number of primary amides is 1. The predicted octanol–water partition coefficient (Wildman–Crippen LogP) is -4.15. The van der Waals surface area contributed by atoms with Crippen LogP contribution in [0.4, 0.5) is 0 Å². The molecule has 29 heteroatoms. The van der Waals surface area contributed by atoms with Crippen molar-refractivity contribution < 1.29 is 86.3 Å². The SMILES string of the molecule is CCCC(=O)Cc1cc2c3c([nH]c2cc1OP(=O)(O)O)S(=O)C[C@@H]1NC(=O)CNC(=O)[C@H]([C@@H](C)CC)NC(=O)CNC(=O)[C@H](C3)NC(=O)[C@H](C(C)C(O)CO)NC(=O)[C@@H]2C[C@@H](O)CN2C(=O)[C@H](CC(N)=O)CC1=O. The number of nitrogens with zero attached hydrogens (tertiary/aromatic N) is 1. The van der Waals surface area contributed by atoms with Gasteiger partial charge >= 0.3 is 7.82 Å². The molecule has 8 amide bonds. The molecule has 74 heavy (non-hydrogen) atoms. The first-order chi connectivity index (χ1) is 34.7. The van der Waals surface area contributed by atoms with Gasteiger partial charge in [-0.3, -0.25) is 61.9 Å². The molecule has 2 aromatic rings. The van der Waals surface area contributed by atoms with Gasteiger partial charge in [-0.25, -0.2) is 4.57 Å². The highest BCUT2D eigenvalue weighted by molar-refractivity contribution is 7.85. The number of fused-ring (bicyclic) bond motifs is 5. The number of phosphoric acid groups is 1. The van der Waals surface area contributed by atoms with E-state index in [0.29, 0.717) is 12.8 Å². The van der Waals surface area contributed by atoms with E-state index in [1.54, 1.807) is 20.8 Å². The van der Waals surface area contributed by atoms with E-state index in [9.17, 15) is 77.6 Å². The lowest BCUT2D eigenvalue weighted by molar-refractivity contribution is -0.145. The number of carbonyl (C=O) groups is 10. The number of benzene rings is 1. The molecule has 1 aromatic carbocycles. The van der Waals surface area contributed by atoms with Crippen molar-refractivity contribution in [3.05, 3.63) is 23.3 Å². The molecular weight excluding hydrogens is 1020 g/mol. The van der Waals surface area contributed by atoms with Gasteiger partial charge in [0.25, 0.3) is 0 Å². The smallest absolute Gasteiger partial charge is 0.404 e. The summed E-state index contributed by atoms with van der Waals surface area (Å²) in [4.78, 5) is 162. The van der Waals surface area contributed by atoms with Crippen LogP contribution in [0.25, 0.3) is 10.9 Å². The van der Waals surface area contributed by atoms with Crippen molar-refractivity contribution in [2.45, 2.75) is 127 Å². The summed E-state index contributed by atoms with van der Waals surface area (Å²) in [5.74, 6) is -14.8. The Labute approximate surface area is 426 Å². The predicted molar refractivity (Wildman–Crippen MR) is 258 cm³/mol. The van der Waals surface area contributed by atoms with Crippen LogP contribution in [-0.2, 0) is 76.2 Å². The number of aromatic amines is 1. The Bertz CT molecular complexity index is 2610. The minimum atomic E-state index is -5.33. The Morgan fingerprint density at radius 3 is 2.18 bits per heavy atom. The molecule has 0 radical (unpaired) electrons. The highest BCUT2D eigenvalue weighted by atomic mass is 32.2. The van der Waals surface area contributed by atoms with Crippen molar-refractivity contribution in [2.75, 3.05) is 32.0 Å². The molecule has 408 valence electrons. The minimum absolute atomic E-state index is 0.0197. The van der Waals surface area contributed by atoms with Crippen LogP contribution >= 0.6 is 7.82 Å². The topological polar surface area (TPSA) is 432 Å². The number of nitrogens with one attached hydrogen (secondary N) is 7. The fourth-order valence-corrected chi connectivity index (χ4v) is 10.8. The van der Waals surface area contributed by atoms with Crippen LogP contribution < -0.4 is 42.2 Å². The first kappa shape index (κ1) is 58.7. The first-order valence-electron chi connectivity index (χ1n) is 23.9. The van der Waals surface area contributed by atoms with Crippen LogP contribution in [0.1, 0.15) is 77.3 Å². The molecule has 1 aromatic heterocycles. The molecule has 2 bridgehead atoms. The van der Waals surface area contributed by atoms with Gasteiger partial charge in [0.1, 0.15) is 40.7 Å². The summed E-state index contributed by atoms with van der Waals surface area (Å²) in [6, 6.07) is -6.15. The van der Waals surface area contributed by atoms with Crippen molar-refractivity contribution in [3.8, 4) is 5.75 Å². The number of phosphoric ester groups is 1. The van der Waals surface area contributed by atoms with Crippen molar-refractivity contribution in [2.24, 2.45) is 23.5 Å². The van der Waals surface area contributed by atoms with Gasteiger partial charge in [0.2, 0.25) is 47.3 Å². The number of hydrogen-bond acceptors (Lipinski definition) is 16. The lowest BCUT2D eigenvalue weighted by atomic mass is 9.93. The van der Waals surface area contributed by atoms with Crippen molar-refractivity contribution >= 4 is 88.3 Å². The van der Waals surface area contributed by atoms with Gasteiger partial charge in [0, 0.05) is 68.0 Å². The van der Waals surface area contributed by atoms with Gasteiger partial charge in [0.05, 0.1) is 65.9 Å². The molecule has 1 fully saturated rings. The van der Waals surface area contributed by atoms with Crippen molar-refractivity contribution in [3.63, 3.8) is 0 Å². The van der Waals surface area contributed by atoms with Gasteiger partial charge in [-0.1, -0.05) is 34.1 Å². The zero-order chi connectivity index (χ0) is 54.9. The maximum atomic E-state index is 15.0. The number of hydrogen-bond donors (Lipinski definition) is 13. The van der Waals surface area contributed by atoms with Crippen LogP contribution in [-0.4, -0.2) is 172 Å². The van der Waals surface area contributed by atoms with Crippen LogP contribution in [0.2, 0.25) is 0 Å². The molecule has 3 aliphatic rings. The summed E-state index contributed by atoms with van der Waals surface area (Å²) in [5.41, 5.74) is 5.26. The summed E-state index contributed by atoms with van der Waals surface area (Å²) < 4.78 is 32.2. The molecule has 3 aliphatic heterocycles. The summed E-state index contributed by atoms with van der Waals surface area (Å²) >= 11 is 0. The van der Waals surface area contributed by atoms with Crippen molar-refractivity contribution in [1.29, 1.82) is 0 Å². The number of carbonyl (C=O) groups excluding carboxylic acids is 10. The Kier molecular flexibility index (Phi) is 20.1. The Morgan fingerprint density at radius 1 is 0.892 bits per heavy atom. The molecule has 5 rings (SSSR count). The second-order valence-electron chi connectivity index (χ2n) is 18.8. The number of Topliss-reactive ketones (excluding diaryl/α,β-unsaturated/α-hetero) is 2. The van der Waals surface area contributed by atoms with Gasteiger partial charge in [-0.2, -0.15) is 0 Å². The molecule has 3 unspecified atom stereocenters. The van der Waals surface area contributed by atoms with Crippen LogP contribution in [0.15, 0.2) is 17.2 Å². The summed E-state index contributed by atoms with van der Waals surface area (Å²) in [6.07, 6.45) is -5.70. The van der Waals surface area contributed by atoms with E-state index in [0.717, 1.165) is 11.0 Å². The second kappa shape index (κ2) is 25.4. The molecule has 0 aliphatic carbocycles. The molecule has 1 saturated heterocycles. The average molecular weight is 1080 g/mol. The van der Waals surface area contributed by atoms with Gasteiger partial charge in [-0.15, -0.1) is 0 Å². The standard InChI is InChI=1S/C45H64N9O18PS/c1-5-7-24(56)8-22-9-26-27-13-29-40(63)47-16-37(62)52-38(20(3)6-2)42(65)48-15-36(61)49-30(19-74(71)44(27)51-28(26)14-34(22)72-73(68,69)70)32(58)10-23(11-35(46)60)45(67)54-17-25(57)12-31(54)41(64)53-39(43(66)50-29)21(4)33(59)18-55/h9,14,20-21,23,25,29-31,33,38-39,51,55,57,59H,5-8,10-13,15-19H2,1-4H3,(H2,46,60)(H,47,63)(H,48,65)(H,49,61)(H,50,66)(H,52,62)(H,53,64)(H2,68,69,70)/t20-,21?,23-,25+,29-,30-,31-,33?,38-,39-,74?/m0/s1. The fourth-order valence-electron chi connectivity index (χ4n) is 8.98. The van der Waals surface area contributed by atoms with E-state index >= 15 is 4.21 Å². The zero-order valence-corrected chi connectivity index (χ0v) is 42.8. The molecule has 27 nitrogen and oxygen atoms in total. The molecular formula is C45H64N9O18PS. The van der Waals surface area contributed by atoms with Gasteiger partial charge < -0.3 is 67.4 Å². The molecule has 14 N–H and O–H groups in total. The fraction of sp³-hybridized carbons (Fsp3) is 0.600. The highest BCUT2D eigenvalue weighted by Gasteiger charge is 2.45. The van der Waals surface area contributed by atoms with Crippen LogP contribution in [0, 0.1) is 17.8 Å². The summed E-state index contributed by atoms with van der Waals surface area (Å²) in [6.45, 7) is 3.16. The molecule has 11 atom stereocenters. The maximum Gasteiger partial charge on any atom is 0.524 e. The highest BCUT2D eigenvalue weighted by Crippen LogP contribution is 2.42. The van der Waals surface area contributed by atoms with E-state index in [-0.39, 0.29) is 33.5 Å². The quantitative estimate of drug-likeness (QED) is 0.0847. The Hall–Kier alpha value is -6.16. The van der Waals surface area contributed by atoms with Gasteiger partial charge in [-0.05, 0) is 24.0 Å². The number of ketones is 2. The number of aliphatic hydroxyl groups is 3. The van der Waals surface area contributed by atoms with Gasteiger partial charge in [0.15, 0.2) is 5.78 Å². The number of amides is 8. The Morgan fingerprint density at radius 2 is 1.55 bits per heavy atom. The molecule has 0 spiro atoms. The van der Waals surface area contributed by atoms with Crippen LogP contribution in [0.3, 0.4) is 0 Å². The second-order valence-corrected chi connectivity index (χ2v) is 21.4. The number of rotatable bonds is 13. The molecule has 0 saturated carbocycles. The average Bonchev–Trinajstić information content (AvgIpc) is 3.89. The molecule has 4 heterocycles. The summed E-state index contributed by atoms with van der Waals surface area (Å²) in [5, 5.41) is 46.0. The van der Waals surface area contributed by atoms with Crippen molar-refractivity contribution in [1.82, 2.24) is 41.8 Å². The third-order valence-electron chi connectivity index (χ3n) is 13.2. The lowest BCUT2D eigenvalue weighted by Crippen LogP contribution is -2.61. The maximum absolute atomic E-state index is 15.0. The lowest BCUT2D eigenvalue weighted by Gasteiger charge is -2.32. The third-order valence-corrected chi connectivity index (χ3v) is 15.0. The number of aliphatic hydroxyl groups excluding tert-OH is 3. The van der Waals surface area contributed by atoms with E-state index < -0.39 is 207 Å². The van der Waals surface area contributed by atoms with E-state index in [1.807, 2.05) is 0 Å². The minimum Gasteiger partial charge on any atom is -0.404 e. The first-order valence-corrected chi connectivity index (χ1v) is 26.8. The number of H-pyrrole nitrogens is 1. The van der Waals surface area contributed by atoms with E-state index in [4.69, 9.17) is 10.3 Å². The Balaban J connectivity index is 1.83. The third kappa shape index (κ3) is 15.0. The normalized spacial score (nSPS) is 26.5. The van der Waals surface area contributed by atoms with E-state index in [2.05, 4.69) is 36.9 Å². The van der Waals surface area contributed by atoms with Crippen LogP contribution in [0.5, 0.6) is 5.75 Å². The monoisotopic (exact) mass is 1080 g/mol. The summed E-state index contributed by atoms with van der Waals surface area (Å²) in [7, 11) is -7.89. The number of nitrogens with two attached hydrogens (primary N) is 1. The largest absolute Gasteiger partial charge is 0.524 e. The number of aromatic nitrogens is 1.